The number of amides is 1. The number of carbonyl (C=O) groups is 1. The number of carbonyl (C=O) groups excluding carboxylic acids is 1. The van der Waals surface area contributed by atoms with Crippen molar-refractivity contribution in [3.63, 3.8) is 0 Å². The molecule has 0 atom stereocenters. The highest BCUT2D eigenvalue weighted by Crippen LogP contribution is 2.37. The van der Waals surface area contributed by atoms with Gasteiger partial charge in [-0.3, -0.25) is 4.79 Å². The summed E-state index contributed by atoms with van der Waals surface area (Å²) < 4.78 is 39.1. The van der Waals surface area contributed by atoms with E-state index in [1.165, 1.54) is 11.4 Å². The molecule has 2 aliphatic heterocycles. The lowest BCUT2D eigenvalue weighted by Crippen LogP contribution is -2.40. The smallest absolute Gasteiger partial charge is 0.251 e. The van der Waals surface area contributed by atoms with Crippen molar-refractivity contribution in [2.45, 2.75) is 30.2 Å². The van der Waals surface area contributed by atoms with Crippen molar-refractivity contribution in [2.75, 3.05) is 39.6 Å². The molecule has 5 rings (SSSR count). The van der Waals surface area contributed by atoms with Crippen LogP contribution in [0, 0.1) is 0 Å². The molecule has 0 bridgehead atoms. The summed E-state index contributed by atoms with van der Waals surface area (Å²) in [6.45, 7) is 1.70. The molecule has 1 saturated heterocycles. The van der Waals surface area contributed by atoms with Crippen LogP contribution in [-0.4, -0.2) is 63.6 Å². The van der Waals surface area contributed by atoms with E-state index in [0.717, 1.165) is 28.7 Å². The first-order chi connectivity index (χ1) is 17.8. The van der Waals surface area contributed by atoms with Crippen LogP contribution in [0.2, 0.25) is 0 Å². The molecular weight excluding hydrogens is 492 g/mol. The van der Waals surface area contributed by atoms with Gasteiger partial charge < -0.3 is 20.5 Å². The Kier molecular flexibility index (Phi) is 6.89. The lowest BCUT2D eigenvalue weighted by atomic mass is 9.94. The summed E-state index contributed by atoms with van der Waals surface area (Å²) in [5.41, 5.74) is 10.9. The van der Waals surface area contributed by atoms with Gasteiger partial charge in [-0.15, -0.1) is 0 Å². The zero-order valence-corrected chi connectivity index (χ0v) is 21.7. The van der Waals surface area contributed by atoms with E-state index in [2.05, 4.69) is 10.3 Å². The molecule has 37 heavy (non-hydrogen) atoms. The van der Waals surface area contributed by atoms with Gasteiger partial charge in [-0.2, -0.15) is 4.31 Å². The van der Waals surface area contributed by atoms with Crippen molar-refractivity contribution in [1.82, 2.24) is 14.6 Å². The van der Waals surface area contributed by atoms with Gasteiger partial charge in [-0.25, -0.2) is 13.4 Å². The number of anilines is 1. The molecule has 2 aliphatic rings. The number of nitrogens with one attached hydrogen (secondary N) is 1. The SMILES string of the molecule is COc1cc(S(=O)(=O)N(C)C2CCOCC2)ccc1-c1cnc(N)c(-c2ccc3c(c2)CCNC3=O)c1. The monoisotopic (exact) mass is 522 g/mol. The Bertz CT molecular complexity index is 1450. The van der Waals surface area contributed by atoms with E-state index >= 15 is 0 Å². The van der Waals surface area contributed by atoms with Crippen LogP contribution >= 0.6 is 0 Å². The molecule has 9 nitrogen and oxygen atoms in total. The summed E-state index contributed by atoms with van der Waals surface area (Å²) in [4.78, 5) is 16.7. The molecule has 1 aromatic heterocycles. The van der Waals surface area contributed by atoms with Gasteiger partial charge in [0.25, 0.3) is 5.91 Å². The molecule has 2 aromatic carbocycles. The molecule has 3 heterocycles. The Hall–Kier alpha value is -3.47. The van der Waals surface area contributed by atoms with Gasteiger partial charge in [0.05, 0.1) is 12.0 Å². The topological polar surface area (TPSA) is 124 Å². The summed E-state index contributed by atoms with van der Waals surface area (Å²) in [5.74, 6) is 0.705. The molecule has 0 saturated carbocycles. The molecule has 0 unspecified atom stereocenters. The summed E-state index contributed by atoms with van der Waals surface area (Å²) >= 11 is 0. The number of benzene rings is 2. The van der Waals surface area contributed by atoms with Crippen LogP contribution in [0.1, 0.15) is 28.8 Å². The maximum atomic E-state index is 13.3. The van der Waals surface area contributed by atoms with E-state index in [1.807, 2.05) is 18.2 Å². The summed E-state index contributed by atoms with van der Waals surface area (Å²) in [6, 6.07) is 12.3. The fraction of sp³-hybridized carbons (Fsp3) is 0.333. The van der Waals surface area contributed by atoms with Gasteiger partial charge in [-0.1, -0.05) is 12.1 Å². The Morgan fingerprint density at radius 1 is 1.05 bits per heavy atom. The number of nitrogens with zero attached hydrogens (tertiary/aromatic N) is 2. The molecule has 0 radical (unpaired) electrons. The fourth-order valence-corrected chi connectivity index (χ4v) is 6.36. The number of pyridine rings is 1. The highest BCUT2D eigenvalue weighted by atomic mass is 32.2. The van der Waals surface area contributed by atoms with Crippen molar-refractivity contribution in [3.8, 4) is 28.0 Å². The Morgan fingerprint density at radius 2 is 1.81 bits per heavy atom. The van der Waals surface area contributed by atoms with Crippen molar-refractivity contribution >= 4 is 21.7 Å². The van der Waals surface area contributed by atoms with E-state index in [1.54, 1.807) is 37.5 Å². The molecule has 1 amide bonds. The third-order valence-corrected chi connectivity index (χ3v) is 9.03. The second kappa shape index (κ2) is 10.1. The number of nitrogens with two attached hydrogens (primary N) is 1. The number of sulfonamides is 1. The summed E-state index contributed by atoms with van der Waals surface area (Å²) in [7, 11) is -0.585. The fourth-order valence-electron chi connectivity index (χ4n) is 4.93. The first kappa shape index (κ1) is 25.2. The van der Waals surface area contributed by atoms with E-state index in [0.29, 0.717) is 55.3 Å². The Morgan fingerprint density at radius 3 is 2.57 bits per heavy atom. The normalized spacial score (nSPS) is 16.4. The van der Waals surface area contributed by atoms with Gasteiger partial charge in [0.15, 0.2) is 0 Å². The largest absolute Gasteiger partial charge is 0.496 e. The van der Waals surface area contributed by atoms with Crippen molar-refractivity contribution in [2.24, 2.45) is 0 Å². The standard InChI is InChI=1S/C27H30N4O5S/c1-31(20-8-11-36-12-9-20)37(33,34)21-4-6-22(25(15-21)35-2)19-14-24(26(28)30-16-19)17-3-5-23-18(13-17)7-10-29-27(23)32/h3-6,13-16,20H,7-12H2,1-2H3,(H2,28,30)(H,29,32). The minimum Gasteiger partial charge on any atom is -0.496 e. The Labute approximate surface area is 216 Å². The number of nitrogen functional groups attached to an aromatic ring is 1. The molecule has 10 heteroatoms. The molecule has 3 aromatic rings. The van der Waals surface area contributed by atoms with Crippen LogP contribution in [0.5, 0.6) is 5.75 Å². The van der Waals surface area contributed by atoms with Gasteiger partial charge in [0.1, 0.15) is 11.6 Å². The predicted octanol–water partition coefficient (Wildman–Crippen LogP) is 3.09. The lowest BCUT2D eigenvalue weighted by Gasteiger charge is -2.30. The van der Waals surface area contributed by atoms with Crippen molar-refractivity contribution in [1.29, 1.82) is 0 Å². The predicted molar refractivity (Wildman–Crippen MR) is 141 cm³/mol. The van der Waals surface area contributed by atoms with Gasteiger partial charge in [0.2, 0.25) is 10.0 Å². The number of hydrogen-bond donors (Lipinski definition) is 2. The summed E-state index contributed by atoms with van der Waals surface area (Å²) in [5, 5.41) is 2.85. The second-order valence-corrected chi connectivity index (χ2v) is 11.3. The van der Waals surface area contributed by atoms with Crippen molar-refractivity contribution in [3.05, 3.63) is 59.8 Å². The maximum absolute atomic E-state index is 13.3. The average Bonchev–Trinajstić information content (AvgIpc) is 2.93. The number of hydrogen-bond acceptors (Lipinski definition) is 7. The second-order valence-electron chi connectivity index (χ2n) is 9.26. The highest BCUT2D eigenvalue weighted by molar-refractivity contribution is 7.89. The van der Waals surface area contributed by atoms with Crippen LogP contribution in [0.25, 0.3) is 22.3 Å². The lowest BCUT2D eigenvalue weighted by molar-refractivity contribution is 0.0632. The highest BCUT2D eigenvalue weighted by Gasteiger charge is 2.30. The zero-order valence-electron chi connectivity index (χ0n) is 20.9. The molecule has 3 N–H and O–H groups in total. The van der Waals surface area contributed by atoms with Gasteiger partial charge in [-0.05, 0) is 54.7 Å². The average molecular weight is 523 g/mol. The minimum absolute atomic E-state index is 0.0742. The molecular formula is C27H30N4O5S. The van der Waals surface area contributed by atoms with E-state index in [4.69, 9.17) is 15.2 Å². The van der Waals surface area contributed by atoms with Gasteiger partial charge >= 0.3 is 0 Å². The zero-order chi connectivity index (χ0) is 26.2. The number of aromatic nitrogens is 1. The van der Waals surface area contributed by atoms with Crippen LogP contribution in [-0.2, 0) is 21.2 Å². The Balaban J connectivity index is 1.50. The van der Waals surface area contributed by atoms with Crippen LogP contribution < -0.4 is 15.8 Å². The van der Waals surface area contributed by atoms with Crippen LogP contribution in [0.3, 0.4) is 0 Å². The number of fused-ring (bicyclic) bond motifs is 1. The molecule has 1 fully saturated rings. The number of methoxy groups -OCH3 is 1. The number of rotatable bonds is 6. The van der Waals surface area contributed by atoms with E-state index in [-0.39, 0.29) is 16.8 Å². The molecule has 194 valence electrons. The first-order valence-electron chi connectivity index (χ1n) is 12.2. The van der Waals surface area contributed by atoms with Crippen LogP contribution in [0.15, 0.2) is 53.6 Å². The summed E-state index contributed by atoms with van der Waals surface area (Å²) in [6.07, 6.45) is 3.72. The molecule has 0 aliphatic carbocycles. The van der Waals surface area contributed by atoms with Gasteiger partial charge in [0, 0.05) is 67.4 Å². The minimum atomic E-state index is -3.71. The third kappa shape index (κ3) is 4.79. The number of ether oxygens (including phenoxy) is 2. The van der Waals surface area contributed by atoms with E-state index in [9.17, 15) is 13.2 Å². The van der Waals surface area contributed by atoms with Crippen LogP contribution in [0.4, 0.5) is 5.82 Å². The molecule has 0 spiro atoms. The van der Waals surface area contributed by atoms with Crippen molar-refractivity contribution < 1.29 is 22.7 Å². The first-order valence-corrected chi connectivity index (χ1v) is 13.6. The quantitative estimate of drug-likeness (QED) is 0.510. The van der Waals surface area contributed by atoms with E-state index < -0.39 is 10.0 Å². The third-order valence-electron chi connectivity index (χ3n) is 7.13. The maximum Gasteiger partial charge on any atom is 0.251 e.